The van der Waals surface area contributed by atoms with Crippen molar-refractivity contribution in [1.29, 1.82) is 0 Å². The predicted molar refractivity (Wildman–Crippen MR) is 81.9 cm³/mol. The lowest BCUT2D eigenvalue weighted by atomic mass is 10.3. The van der Waals surface area contributed by atoms with E-state index in [1.165, 1.54) is 0 Å². The maximum absolute atomic E-state index is 4.40. The lowest BCUT2D eigenvalue weighted by molar-refractivity contribution is 0.251. The van der Waals surface area contributed by atoms with Gasteiger partial charge in [-0.05, 0) is 40.0 Å². The summed E-state index contributed by atoms with van der Waals surface area (Å²) in [7, 11) is 4.16. The molecule has 0 aromatic carbocycles. The first-order valence-electron chi connectivity index (χ1n) is 6.65. The third-order valence-electron chi connectivity index (χ3n) is 3.16. The van der Waals surface area contributed by atoms with Gasteiger partial charge in [-0.25, -0.2) is 9.98 Å². The molecule has 0 spiro atoms. The molecule has 2 unspecified atom stereocenters. The highest BCUT2D eigenvalue weighted by Crippen LogP contribution is 2.03. The minimum Gasteiger partial charge on any atom is -0.285 e. The summed E-state index contributed by atoms with van der Waals surface area (Å²) in [5, 5.41) is 0. The van der Waals surface area contributed by atoms with Crippen LogP contribution in [0.2, 0.25) is 0 Å². The molecule has 0 radical (unpaired) electrons. The lowest BCUT2D eigenvalue weighted by Crippen LogP contribution is -2.30. The van der Waals surface area contributed by atoms with Crippen molar-refractivity contribution in [2.45, 2.75) is 52.9 Å². The van der Waals surface area contributed by atoms with Gasteiger partial charge in [-0.1, -0.05) is 27.7 Å². The minimum absolute atomic E-state index is 0. The molecule has 0 rings (SSSR count). The van der Waals surface area contributed by atoms with Crippen LogP contribution in [0, 0.1) is 0 Å². The van der Waals surface area contributed by atoms with Gasteiger partial charge in [0.25, 0.3) is 0 Å². The predicted octanol–water partition coefficient (Wildman–Crippen LogP) is 2.96. The van der Waals surface area contributed by atoms with Crippen LogP contribution in [-0.4, -0.2) is 55.3 Å². The van der Waals surface area contributed by atoms with Crippen LogP contribution in [0.1, 0.15) is 40.5 Å². The summed E-state index contributed by atoms with van der Waals surface area (Å²) < 4.78 is 0. The quantitative estimate of drug-likeness (QED) is 0.638. The molecule has 108 valence electrons. The van der Waals surface area contributed by atoms with E-state index in [-0.39, 0.29) is 24.7 Å². The summed E-state index contributed by atoms with van der Waals surface area (Å²) in [4.78, 5) is 13.2. The van der Waals surface area contributed by atoms with Gasteiger partial charge >= 0.3 is 0 Å². The molecule has 4 nitrogen and oxygen atoms in total. The van der Waals surface area contributed by atoms with Crippen molar-refractivity contribution in [3.8, 4) is 0 Å². The average Bonchev–Trinajstić information content (AvgIpc) is 2.37. The van der Waals surface area contributed by atoms with Crippen molar-refractivity contribution in [2.75, 3.05) is 27.2 Å². The van der Waals surface area contributed by atoms with Crippen LogP contribution in [-0.2, 0) is 0 Å². The fourth-order valence-corrected chi connectivity index (χ4v) is 1.59. The molecule has 0 heterocycles. The molecule has 0 saturated carbocycles. The Morgan fingerprint density at radius 2 is 1.17 bits per heavy atom. The molecular weight excluding hydrogens is 248 g/mol. The normalized spacial score (nSPS) is 13.8. The van der Waals surface area contributed by atoms with Crippen molar-refractivity contribution in [3.63, 3.8) is 0 Å². The van der Waals surface area contributed by atoms with E-state index >= 15 is 0 Å². The molecule has 0 aliphatic carbocycles. The highest BCUT2D eigenvalue weighted by Gasteiger charge is 2.09. The second-order valence-corrected chi connectivity index (χ2v) is 4.28. The van der Waals surface area contributed by atoms with Crippen LogP contribution in [0.3, 0.4) is 0 Å². The van der Waals surface area contributed by atoms with Crippen LogP contribution in [0.5, 0.6) is 0 Å². The second-order valence-electron chi connectivity index (χ2n) is 4.28. The Kier molecular flexibility index (Phi) is 12.9. The van der Waals surface area contributed by atoms with Crippen LogP contribution in [0.25, 0.3) is 0 Å². The molecule has 0 aliphatic rings. The zero-order valence-electron chi connectivity index (χ0n) is 12.7. The Balaban J connectivity index is 0. The van der Waals surface area contributed by atoms with Gasteiger partial charge in [0.15, 0.2) is 0 Å². The van der Waals surface area contributed by atoms with E-state index in [9.17, 15) is 0 Å². The Morgan fingerprint density at radius 3 is 1.39 bits per heavy atom. The topological polar surface area (TPSA) is 31.2 Å². The third kappa shape index (κ3) is 7.12. The van der Waals surface area contributed by atoms with E-state index in [1.54, 1.807) is 0 Å². The van der Waals surface area contributed by atoms with Crippen LogP contribution >= 0.6 is 12.4 Å². The van der Waals surface area contributed by atoms with Gasteiger partial charge in [-0.3, -0.25) is 9.80 Å². The van der Waals surface area contributed by atoms with E-state index in [0.717, 1.165) is 25.9 Å². The summed E-state index contributed by atoms with van der Waals surface area (Å²) in [6.07, 6.45) is 2.39. The van der Waals surface area contributed by atoms with E-state index in [2.05, 4.69) is 67.6 Å². The molecule has 0 aromatic heterocycles. The number of halogens is 1. The Hall–Kier alpha value is -0.410. The van der Waals surface area contributed by atoms with E-state index in [0.29, 0.717) is 0 Å². The average molecular weight is 277 g/mol. The first-order chi connectivity index (χ1) is 8.10. The molecule has 0 aromatic rings. The van der Waals surface area contributed by atoms with Crippen molar-refractivity contribution < 1.29 is 0 Å². The van der Waals surface area contributed by atoms with E-state index in [4.69, 9.17) is 0 Å². The van der Waals surface area contributed by atoms with E-state index in [1.807, 2.05) is 0 Å². The molecule has 0 amide bonds. The molecule has 5 heteroatoms. The van der Waals surface area contributed by atoms with Gasteiger partial charge in [0.1, 0.15) is 12.3 Å². The molecule has 2 atom stereocenters. The molecular formula is C13H29ClN4. The summed E-state index contributed by atoms with van der Waals surface area (Å²) in [5.41, 5.74) is 0. The van der Waals surface area contributed by atoms with Crippen LogP contribution < -0.4 is 0 Å². The highest BCUT2D eigenvalue weighted by atomic mass is 35.5. The van der Waals surface area contributed by atoms with Crippen LogP contribution in [0.4, 0.5) is 0 Å². The Labute approximate surface area is 119 Å². The van der Waals surface area contributed by atoms with Gasteiger partial charge in [0.05, 0.1) is 6.01 Å². The molecule has 0 aliphatic heterocycles. The lowest BCUT2D eigenvalue weighted by Gasteiger charge is -2.21. The van der Waals surface area contributed by atoms with Crippen molar-refractivity contribution in [1.82, 2.24) is 9.80 Å². The largest absolute Gasteiger partial charge is 0.285 e. The van der Waals surface area contributed by atoms with Crippen molar-refractivity contribution in [2.24, 2.45) is 9.98 Å². The number of nitrogens with zero attached hydrogens (tertiary/aromatic N) is 4. The third-order valence-corrected chi connectivity index (χ3v) is 3.16. The zero-order chi connectivity index (χ0) is 13.3. The highest BCUT2D eigenvalue weighted by molar-refractivity contribution is 5.85. The smallest absolute Gasteiger partial charge is 0.112 e. The van der Waals surface area contributed by atoms with Crippen molar-refractivity contribution >= 4 is 18.4 Å². The molecule has 18 heavy (non-hydrogen) atoms. The summed E-state index contributed by atoms with van der Waals surface area (Å²) in [6, 6.07) is 2.88. The maximum Gasteiger partial charge on any atom is 0.112 e. The molecule has 0 bridgehead atoms. The minimum atomic E-state index is 0. The Bertz CT molecular complexity index is 229. The number of aliphatic imine (C=N–C) groups is 2. The van der Waals surface area contributed by atoms with Gasteiger partial charge < -0.3 is 0 Å². The second kappa shape index (κ2) is 11.7. The van der Waals surface area contributed by atoms with E-state index < -0.39 is 0 Å². The van der Waals surface area contributed by atoms with Gasteiger partial charge in [-0.2, -0.15) is 0 Å². The van der Waals surface area contributed by atoms with Crippen molar-refractivity contribution in [3.05, 3.63) is 0 Å². The molecule has 0 N–H and O–H groups in total. The number of rotatable bonds is 8. The molecule has 0 fully saturated rings. The molecule has 0 saturated heterocycles. The Morgan fingerprint density at radius 1 is 0.833 bits per heavy atom. The van der Waals surface area contributed by atoms with Gasteiger partial charge in [0, 0.05) is 0 Å². The number of hydrogen-bond donors (Lipinski definition) is 0. The maximum atomic E-state index is 4.40. The van der Waals surface area contributed by atoms with Gasteiger partial charge in [-0.15, -0.1) is 12.4 Å². The first kappa shape index (κ1) is 19.9. The summed E-state index contributed by atoms with van der Waals surface area (Å²) in [5.74, 6) is 0. The summed E-state index contributed by atoms with van der Waals surface area (Å²) in [6.45, 7) is 10.5. The fraction of sp³-hybridized carbons (Fsp3) is 0.923. The van der Waals surface area contributed by atoms with Gasteiger partial charge in [0.2, 0.25) is 0 Å². The zero-order valence-corrected chi connectivity index (χ0v) is 13.5. The number of hydrogen-bond acceptors (Lipinski definition) is 4. The first-order valence-corrected chi connectivity index (χ1v) is 6.65. The standard InChI is InChI=1S/C13H28N4.ClH/c1-7-12(16(5)9-3)14-11-15-13(8-2)17(6)10-4;/h12-13H,7-10H2,1-6H3;1H. The summed E-state index contributed by atoms with van der Waals surface area (Å²) >= 11 is 0. The SMILES string of the molecule is CCC(N=C=NC(CC)N(C)CC)N(C)CC.Cl. The fourth-order valence-electron chi connectivity index (χ4n) is 1.59. The monoisotopic (exact) mass is 276 g/mol. The van der Waals surface area contributed by atoms with Crippen LogP contribution in [0.15, 0.2) is 9.98 Å².